The standard InChI is InChI=1S/C51H83FN4O13S/c1-15-41-51(10,60)46(58)33(5)44(57)30(2)25-50(9,64-13)47(34(6)45(35(7)48(59)67-41)68-43-27-49(8,63-12)26-32(4)66-43)69-42-24-38(22-31(3)65-42)55(11)21-20-37-29-56(54-53-37)39(28-52)23-36-16-18-40(19-17-36)70(14,61)62/h16-19,29-35,38-39,41-43,45-47,58,60H,15,20-28H2,1-14H3/t30-,31-,32+,33+,34+,35-,38+,39+,41-,42+,43+,45+,46-,47-,49+,50-,51-/m1/s1. The van der Waals surface area contributed by atoms with E-state index in [4.69, 9.17) is 33.2 Å². The van der Waals surface area contributed by atoms with Crippen LogP contribution in [0.25, 0.3) is 0 Å². The molecule has 398 valence electrons. The summed E-state index contributed by atoms with van der Waals surface area (Å²) in [4.78, 5) is 31.1. The first kappa shape index (κ1) is 57.9. The molecule has 1 aromatic carbocycles. The van der Waals surface area contributed by atoms with Gasteiger partial charge in [0.25, 0.3) is 0 Å². The fraction of sp³-hybridized carbons (Fsp3) is 0.804. The van der Waals surface area contributed by atoms with Gasteiger partial charge < -0.3 is 48.3 Å². The molecular formula is C51H83FN4O13S. The number of alkyl halides is 1. The number of aromatic nitrogens is 3. The highest BCUT2D eigenvalue weighted by atomic mass is 32.2. The molecule has 0 saturated carbocycles. The fourth-order valence-electron chi connectivity index (χ4n) is 11.0. The molecule has 3 saturated heterocycles. The molecule has 3 aliphatic heterocycles. The maximum atomic E-state index is 14.4. The number of carbonyl (C=O) groups excluding carboxylic acids is 2. The molecule has 2 N–H and O–H groups in total. The Bertz CT molecular complexity index is 2130. The zero-order valence-corrected chi connectivity index (χ0v) is 44.8. The van der Waals surface area contributed by atoms with E-state index in [9.17, 15) is 32.6 Å². The molecule has 0 unspecified atom stereocenters. The van der Waals surface area contributed by atoms with Crippen LogP contribution < -0.4 is 0 Å². The number of ketones is 1. The van der Waals surface area contributed by atoms with Gasteiger partial charge in [0, 0.05) is 82.7 Å². The number of ether oxygens (including phenoxy) is 7. The Hall–Kier alpha value is -2.98. The average molecular weight is 1010 g/mol. The van der Waals surface area contributed by atoms with Gasteiger partial charge >= 0.3 is 5.97 Å². The Balaban J connectivity index is 1.41. The largest absolute Gasteiger partial charge is 0.459 e. The lowest BCUT2D eigenvalue weighted by molar-refractivity contribution is -0.294. The molecule has 0 amide bonds. The van der Waals surface area contributed by atoms with Gasteiger partial charge in [0.15, 0.2) is 22.4 Å². The van der Waals surface area contributed by atoms with E-state index in [1.54, 1.807) is 60.2 Å². The number of carbonyl (C=O) groups is 2. The quantitative estimate of drug-likeness (QED) is 0.189. The Morgan fingerprint density at radius 1 is 0.929 bits per heavy atom. The highest BCUT2D eigenvalue weighted by molar-refractivity contribution is 7.90. The number of esters is 1. The van der Waals surface area contributed by atoms with Crippen molar-refractivity contribution < 1.29 is 65.8 Å². The van der Waals surface area contributed by atoms with Crippen LogP contribution in [-0.2, 0) is 65.4 Å². The minimum absolute atomic E-state index is 0.00805. The number of rotatable bonds is 16. The van der Waals surface area contributed by atoms with Crippen molar-refractivity contribution in [3.8, 4) is 0 Å². The summed E-state index contributed by atoms with van der Waals surface area (Å²) in [5.74, 6) is -4.23. The number of halogens is 1. The Labute approximate surface area is 415 Å². The van der Waals surface area contributed by atoms with E-state index in [1.165, 1.54) is 23.7 Å². The lowest BCUT2D eigenvalue weighted by atomic mass is 9.74. The summed E-state index contributed by atoms with van der Waals surface area (Å²) in [6.07, 6.45) is -0.239. The molecule has 1 aromatic heterocycles. The summed E-state index contributed by atoms with van der Waals surface area (Å²) < 4.78 is 85.2. The SMILES string of the molecule is CC[C@H]1OC(=O)[C@H](C)[C@@H](O[C@H]2C[C@@](C)(OC)C[C@H](C)O2)[C@H](C)[C@@H](O[C@H]2C[C@@H](N(C)CCc3cn([C@H](CF)Cc4ccc(S(C)(=O)=O)cc4)nn3)C[C@@H](C)O2)[C@](C)(OC)C[C@@H](C)C(=O)[C@H](C)[C@@H](O)[C@]1(C)O. The van der Waals surface area contributed by atoms with Gasteiger partial charge in [-0.2, -0.15) is 0 Å². The second-order valence-electron chi connectivity index (χ2n) is 21.4. The zero-order valence-electron chi connectivity index (χ0n) is 44.0. The van der Waals surface area contributed by atoms with E-state index in [-0.39, 0.29) is 41.8 Å². The number of hydrogen-bond acceptors (Lipinski definition) is 16. The third-order valence-corrected chi connectivity index (χ3v) is 16.6. The normalized spacial score (nSPS) is 38.0. The predicted octanol–water partition coefficient (Wildman–Crippen LogP) is 5.86. The molecule has 0 spiro atoms. The van der Waals surface area contributed by atoms with Gasteiger partial charge in [-0.15, -0.1) is 5.10 Å². The Kier molecular flexibility index (Phi) is 19.8. The smallest absolute Gasteiger partial charge is 0.311 e. The number of cyclic esters (lactones) is 1. The zero-order chi connectivity index (χ0) is 52.1. The van der Waals surface area contributed by atoms with Crippen LogP contribution in [-0.4, -0.2) is 163 Å². The van der Waals surface area contributed by atoms with Crippen LogP contribution in [0.5, 0.6) is 0 Å². The number of hydrogen-bond donors (Lipinski definition) is 2. The van der Waals surface area contributed by atoms with Crippen molar-refractivity contribution in [3.05, 3.63) is 41.7 Å². The number of likely N-dealkylation sites (N-methyl/N-ethyl adjacent to an activating group) is 1. The van der Waals surface area contributed by atoms with Gasteiger partial charge in [-0.1, -0.05) is 45.0 Å². The first-order valence-electron chi connectivity index (χ1n) is 25.0. The van der Waals surface area contributed by atoms with Crippen molar-refractivity contribution in [3.63, 3.8) is 0 Å². The van der Waals surface area contributed by atoms with Crippen molar-refractivity contribution in [2.24, 2.45) is 23.7 Å². The number of Topliss-reactive ketones (excluding diaryl/α,β-unsaturated/α-hetero) is 1. The molecule has 17 nitrogen and oxygen atoms in total. The highest BCUT2D eigenvalue weighted by Gasteiger charge is 2.52. The first-order chi connectivity index (χ1) is 32.7. The Morgan fingerprint density at radius 2 is 1.59 bits per heavy atom. The number of aliphatic hydroxyl groups excluding tert-OH is 1. The van der Waals surface area contributed by atoms with Crippen LogP contribution in [0.15, 0.2) is 35.4 Å². The summed E-state index contributed by atoms with van der Waals surface area (Å²) in [6.45, 7) is 17.9. The van der Waals surface area contributed by atoms with E-state index in [2.05, 4.69) is 15.2 Å². The molecule has 3 fully saturated rings. The Morgan fingerprint density at radius 3 is 2.19 bits per heavy atom. The number of sulfone groups is 1. The maximum Gasteiger partial charge on any atom is 0.311 e. The van der Waals surface area contributed by atoms with Gasteiger partial charge in [0.2, 0.25) is 0 Å². The van der Waals surface area contributed by atoms with Gasteiger partial charge in [0.1, 0.15) is 24.2 Å². The van der Waals surface area contributed by atoms with Gasteiger partial charge in [-0.3, -0.25) is 9.59 Å². The molecule has 0 bridgehead atoms. The highest BCUT2D eigenvalue weighted by Crippen LogP contribution is 2.42. The summed E-state index contributed by atoms with van der Waals surface area (Å²) in [5.41, 5.74) is -2.26. The van der Waals surface area contributed by atoms with Crippen LogP contribution in [0, 0.1) is 23.7 Å². The second kappa shape index (κ2) is 23.9. The minimum atomic E-state index is -3.35. The van der Waals surface area contributed by atoms with Crippen LogP contribution >= 0.6 is 0 Å². The fourth-order valence-corrected chi connectivity index (χ4v) is 11.6. The van der Waals surface area contributed by atoms with Crippen molar-refractivity contribution >= 4 is 21.6 Å². The summed E-state index contributed by atoms with van der Waals surface area (Å²) in [5, 5.41) is 32.0. The van der Waals surface area contributed by atoms with E-state index in [1.807, 2.05) is 41.7 Å². The molecule has 70 heavy (non-hydrogen) atoms. The predicted molar refractivity (Wildman–Crippen MR) is 259 cm³/mol. The number of aliphatic hydroxyl groups is 2. The van der Waals surface area contributed by atoms with Crippen LogP contribution in [0.2, 0.25) is 0 Å². The summed E-state index contributed by atoms with van der Waals surface area (Å²) >= 11 is 0. The number of nitrogens with zero attached hydrogens (tertiary/aromatic N) is 4. The molecule has 2 aromatic rings. The minimum Gasteiger partial charge on any atom is -0.459 e. The number of benzene rings is 1. The second-order valence-corrected chi connectivity index (χ2v) is 23.4. The van der Waals surface area contributed by atoms with Gasteiger partial charge in [-0.05, 0) is 92.0 Å². The topological polar surface area (TPSA) is 207 Å². The average Bonchev–Trinajstić information content (AvgIpc) is 3.79. The van der Waals surface area contributed by atoms with Crippen molar-refractivity contribution in [2.75, 3.05) is 40.7 Å². The monoisotopic (exact) mass is 1010 g/mol. The van der Waals surface area contributed by atoms with Crippen molar-refractivity contribution in [2.45, 2.75) is 204 Å². The molecule has 19 heteroatoms. The molecule has 3 aliphatic rings. The molecular weight excluding hydrogens is 928 g/mol. The third kappa shape index (κ3) is 14.0. The molecule has 0 radical (unpaired) electrons. The van der Waals surface area contributed by atoms with Gasteiger partial charge in [0.05, 0.1) is 64.3 Å². The molecule has 17 atom stereocenters. The van der Waals surface area contributed by atoms with E-state index in [0.29, 0.717) is 50.8 Å². The molecule has 4 heterocycles. The number of methoxy groups -OCH3 is 2. The summed E-state index contributed by atoms with van der Waals surface area (Å²) in [7, 11) is 1.89. The van der Waals surface area contributed by atoms with Crippen molar-refractivity contribution in [1.29, 1.82) is 0 Å². The van der Waals surface area contributed by atoms with Crippen LogP contribution in [0.4, 0.5) is 4.39 Å². The van der Waals surface area contributed by atoms with Crippen molar-refractivity contribution in [1.82, 2.24) is 19.9 Å². The lowest BCUT2D eigenvalue weighted by Crippen LogP contribution is -2.59. The molecule has 5 rings (SSSR count). The first-order valence-corrected chi connectivity index (χ1v) is 26.9. The van der Waals surface area contributed by atoms with E-state index >= 15 is 0 Å². The van der Waals surface area contributed by atoms with Gasteiger partial charge in [-0.25, -0.2) is 17.5 Å². The van der Waals surface area contributed by atoms with Crippen LogP contribution in [0.1, 0.15) is 125 Å². The molecule has 0 aliphatic carbocycles. The maximum absolute atomic E-state index is 14.4. The summed E-state index contributed by atoms with van der Waals surface area (Å²) in [6, 6.07) is 5.80. The van der Waals surface area contributed by atoms with E-state index < -0.39 is 106 Å². The third-order valence-electron chi connectivity index (χ3n) is 15.5. The van der Waals surface area contributed by atoms with E-state index in [0.717, 1.165) is 11.8 Å². The lowest BCUT2D eigenvalue weighted by Gasteiger charge is -2.48. The van der Waals surface area contributed by atoms with Crippen LogP contribution in [0.3, 0.4) is 0 Å².